The fraction of sp³-hybridized carbons (Fsp3) is 0.0769. The molecule has 2 aromatic carbocycles. The van der Waals surface area contributed by atoms with Crippen LogP contribution in [0.4, 0.5) is 21.7 Å². The maximum atomic E-state index is 13.4. The molecule has 0 aliphatic heterocycles. The molecule has 9 heteroatoms. The molecule has 0 saturated heterocycles. The highest BCUT2D eigenvalue weighted by molar-refractivity contribution is 6.32. The molecule has 2 N–H and O–H groups in total. The first-order valence-corrected chi connectivity index (χ1v) is 11.0. The van der Waals surface area contributed by atoms with Gasteiger partial charge in [-0.05, 0) is 59.7 Å². The molecule has 4 aromatic rings. The number of aromatic nitrogens is 3. The van der Waals surface area contributed by atoms with Crippen molar-refractivity contribution in [2.24, 2.45) is 0 Å². The van der Waals surface area contributed by atoms with E-state index in [0.717, 1.165) is 11.1 Å². The second kappa shape index (κ2) is 11.2. The zero-order chi connectivity index (χ0) is 24.6. The molecule has 0 radical (unpaired) electrons. The molecule has 0 spiro atoms. The van der Waals surface area contributed by atoms with Crippen molar-refractivity contribution in [2.45, 2.75) is 13.5 Å². The monoisotopic (exact) mass is 489 g/mol. The molecular formula is C26H21ClFN5O2. The van der Waals surface area contributed by atoms with E-state index in [9.17, 15) is 9.18 Å². The molecule has 4 rings (SSSR count). The Morgan fingerprint density at radius 3 is 2.71 bits per heavy atom. The van der Waals surface area contributed by atoms with Crippen LogP contribution in [0.3, 0.4) is 0 Å². The molecule has 0 saturated carbocycles. The van der Waals surface area contributed by atoms with Crippen LogP contribution in [0.5, 0.6) is 5.75 Å². The van der Waals surface area contributed by atoms with Crippen LogP contribution >= 0.6 is 11.6 Å². The zero-order valence-electron chi connectivity index (χ0n) is 18.7. The number of pyridine rings is 1. The fourth-order valence-electron chi connectivity index (χ4n) is 3.13. The second-order valence-corrected chi connectivity index (χ2v) is 7.91. The number of anilines is 3. The van der Waals surface area contributed by atoms with E-state index in [2.05, 4.69) is 25.6 Å². The van der Waals surface area contributed by atoms with Crippen molar-refractivity contribution in [3.8, 4) is 5.75 Å². The number of hydrogen-bond acceptors (Lipinski definition) is 6. The van der Waals surface area contributed by atoms with Gasteiger partial charge in [0.15, 0.2) is 0 Å². The predicted molar refractivity (Wildman–Crippen MR) is 135 cm³/mol. The van der Waals surface area contributed by atoms with Gasteiger partial charge in [-0.25, -0.2) is 19.3 Å². The standard InChI is InChI=1S/C26H21ClFN5O2/c1-17(34)32-25-10-6-18(13-30-25)5-7-20-14-29-16-31-26(20)33-22-8-9-24(23(27)12-22)35-15-19-3-2-4-21(28)11-19/h2-14,16H,15H2,1H3,(H,29,31,33)(H,30,32,34). The van der Waals surface area contributed by atoms with Crippen LogP contribution in [0, 0.1) is 5.82 Å². The normalized spacial score (nSPS) is 10.8. The summed E-state index contributed by atoms with van der Waals surface area (Å²) in [6, 6.07) is 15.1. The lowest BCUT2D eigenvalue weighted by Gasteiger charge is -2.12. The van der Waals surface area contributed by atoms with E-state index in [1.807, 2.05) is 24.3 Å². The number of carbonyl (C=O) groups excluding carboxylic acids is 1. The molecule has 0 fully saturated rings. The number of amides is 1. The number of benzene rings is 2. The summed E-state index contributed by atoms with van der Waals surface area (Å²) in [6.45, 7) is 1.63. The summed E-state index contributed by atoms with van der Waals surface area (Å²) in [4.78, 5) is 23.7. The summed E-state index contributed by atoms with van der Waals surface area (Å²) >= 11 is 6.40. The van der Waals surface area contributed by atoms with Gasteiger partial charge in [-0.15, -0.1) is 0 Å². The quantitative estimate of drug-likeness (QED) is 0.310. The summed E-state index contributed by atoms with van der Waals surface area (Å²) in [5, 5.41) is 6.27. The van der Waals surface area contributed by atoms with E-state index >= 15 is 0 Å². The highest BCUT2D eigenvalue weighted by atomic mass is 35.5. The lowest BCUT2D eigenvalue weighted by molar-refractivity contribution is -0.114. The maximum Gasteiger partial charge on any atom is 0.222 e. The molecule has 0 atom stereocenters. The van der Waals surface area contributed by atoms with E-state index in [1.165, 1.54) is 25.4 Å². The third-order valence-corrected chi connectivity index (χ3v) is 5.06. The minimum absolute atomic E-state index is 0.177. The van der Waals surface area contributed by atoms with Gasteiger partial charge in [0.2, 0.25) is 5.91 Å². The molecule has 2 aromatic heterocycles. The van der Waals surface area contributed by atoms with Crippen LogP contribution in [0.2, 0.25) is 5.02 Å². The molecule has 0 unspecified atom stereocenters. The van der Waals surface area contributed by atoms with E-state index in [1.54, 1.807) is 42.7 Å². The van der Waals surface area contributed by atoms with Crippen molar-refractivity contribution in [3.63, 3.8) is 0 Å². The Morgan fingerprint density at radius 2 is 1.97 bits per heavy atom. The van der Waals surface area contributed by atoms with Crippen LogP contribution in [0.1, 0.15) is 23.6 Å². The number of rotatable bonds is 8. The second-order valence-electron chi connectivity index (χ2n) is 7.51. The van der Waals surface area contributed by atoms with Crippen molar-refractivity contribution < 1.29 is 13.9 Å². The Hall–Kier alpha value is -4.30. The highest BCUT2D eigenvalue weighted by Gasteiger charge is 2.07. The van der Waals surface area contributed by atoms with Gasteiger partial charge in [-0.1, -0.05) is 29.8 Å². The van der Waals surface area contributed by atoms with Crippen molar-refractivity contribution in [3.05, 3.63) is 101 Å². The minimum atomic E-state index is -0.315. The van der Waals surface area contributed by atoms with E-state index in [4.69, 9.17) is 16.3 Å². The van der Waals surface area contributed by atoms with Crippen molar-refractivity contribution in [1.29, 1.82) is 0 Å². The Labute approximate surface area is 206 Å². The number of hydrogen-bond donors (Lipinski definition) is 2. The Morgan fingerprint density at radius 1 is 1.09 bits per heavy atom. The summed E-state index contributed by atoms with van der Waals surface area (Å²) in [6.07, 6.45) is 8.51. The van der Waals surface area contributed by atoms with Gasteiger partial charge in [0, 0.05) is 30.6 Å². The number of ether oxygens (including phenoxy) is 1. The molecule has 0 aliphatic carbocycles. The minimum Gasteiger partial charge on any atom is -0.487 e. The van der Waals surface area contributed by atoms with Crippen LogP contribution in [0.15, 0.2) is 73.3 Å². The molecule has 1 amide bonds. The summed E-state index contributed by atoms with van der Waals surface area (Å²) in [7, 11) is 0. The van der Waals surface area contributed by atoms with Crippen molar-refractivity contribution >= 4 is 47.0 Å². The maximum absolute atomic E-state index is 13.4. The third kappa shape index (κ3) is 6.84. The SMILES string of the molecule is CC(=O)Nc1ccc(C=Cc2cncnc2Nc2ccc(OCc3cccc(F)c3)c(Cl)c2)cn1. The topological polar surface area (TPSA) is 89.0 Å². The van der Waals surface area contributed by atoms with Gasteiger partial charge < -0.3 is 15.4 Å². The Bertz CT molecular complexity index is 1360. The largest absolute Gasteiger partial charge is 0.487 e. The smallest absolute Gasteiger partial charge is 0.222 e. The first-order valence-electron chi connectivity index (χ1n) is 10.6. The number of carbonyl (C=O) groups is 1. The fourth-order valence-corrected chi connectivity index (χ4v) is 3.37. The third-order valence-electron chi connectivity index (χ3n) is 4.76. The van der Waals surface area contributed by atoms with Gasteiger partial charge in [0.05, 0.1) is 5.02 Å². The van der Waals surface area contributed by atoms with Crippen LogP contribution in [0.25, 0.3) is 12.2 Å². The molecule has 0 bridgehead atoms. The van der Waals surface area contributed by atoms with Gasteiger partial charge in [-0.3, -0.25) is 4.79 Å². The van der Waals surface area contributed by atoms with E-state index in [0.29, 0.717) is 33.7 Å². The van der Waals surface area contributed by atoms with Crippen LogP contribution in [-0.2, 0) is 11.4 Å². The molecule has 176 valence electrons. The molecular weight excluding hydrogens is 469 g/mol. The van der Waals surface area contributed by atoms with Gasteiger partial charge in [-0.2, -0.15) is 0 Å². The number of halogens is 2. The van der Waals surface area contributed by atoms with Crippen LogP contribution in [-0.4, -0.2) is 20.9 Å². The van der Waals surface area contributed by atoms with Gasteiger partial charge in [0.25, 0.3) is 0 Å². The van der Waals surface area contributed by atoms with Crippen molar-refractivity contribution in [2.75, 3.05) is 10.6 Å². The Balaban J connectivity index is 1.43. The first-order chi connectivity index (χ1) is 17.0. The van der Waals surface area contributed by atoms with E-state index < -0.39 is 0 Å². The average molecular weight is 490 g/mol. The summed E-state index contributed by atoms with van der Waals surface area (Å²) in [5.41, 5.74) is 3.01. The van der Waals surface area contributed by atoms with Crippen LogP contribution < -0.4 is 15.4 Å². The molecule has 0 aliphatic rings. The first kappa shape index (κ1) is 23.8. The zero-order valence-corrected chi connectivity index (χ0v) is 19.5. The number of nitrogens with zero attached hydrogens (tertiary/aromatic N) is 3. The summed E-state index contributed by atoms with van der Waals surface area (Å²) < 4.78 is 19.1. The molecule has 2 heterocycles. The molecule has 7 nitrogen and oxygen atoms in total. The van der Waals surface area contributed by atoms with Gasteiger partial charge in [0.1, 0.15) is 36.1 Å². The number of nitrogens with one attached hydrogen (secondary N) is 2. The predicted octanol–water partition coefficient (Wildman–Crippen LogP) is 6.12. The van der Waals surface area contributed by atoms with Crippen molar-refractivity contribution in [1.82, 2.24) is 15.0 Å². The van der Waals surface area contributed by atoms with Gasteiger partial charge >= 0.3 is 0 Å². The van der Waals surface area contributed by atoms with E-state index in [-0.39, 0.29) is 18.3 Å². The Kier molecular flexibility index (Phi) is 7.64. The molecule has 35 heavy (non-hydrogen) atoms. The average Bonchev–Trinajstić information content (AvgIpc) is 2.84. The summed E-state index contributed by atoms with van der Waals surface area (Å²) in [5.74, 6) is 1.07. The lowest BCUT2D eigenvalue weighted by Crippen LogP contribution is -2.06. The highest BCUT2D eigenvalue weighted by Crippen LogP contribution is 2.30. The lowest BCUT2D eigenvalue weighted by atomic mass is 10.2.